The monoisotopic (exact) mass is 303 g/mol. The maximum atomic E-state index is 11.4. The Hall–Kier alpha value is -1.80. The van der Waals surface area contributed by atoms with Gasteiger partial charge in [0.25, 0.3) is 0 Å². The topological polar surface area (TPSA) is 56.1 Å². The Balaban J connectivity index is 2.04. The molecule has 0 radical (unpaired) electrons. The molecule has 1 unspecified atom stereocenters. The van der Waals surface area contributed by atoms with Gasteiger partial charge in [-0.3, -0.25) is 4.79 Å². The van der Waals surface area contributed by atoms with Crippen LogP contribution < -0.4 is 5.32 Å². The minimum Gasteiger partial charge on any atom is -0.372 e. The highest BCUT2D eigenvalue weighted by Crippen LogP contribution is 2.29. The molecular weight excluding hydrogens is 282 g/mol. The van der Waals surface area contributed by atoms with Crippen molar-refractivity contribution in [2.24, 2.45) is 0 Å². The first-order valence-electron chi connectivity index (χ1n) is 7.22. The van der Waals surface area contributed by atoms with E-state index in [4.69, 9.17) is 5.26 Å². The van der Waals surface area contributed by atoms with Crippen LogP contribution in [-0.2, 0) is 4.79 Å². The number of nitrogens with zero attached hydrogens (tertiary/aromatic N) is 2. The molecule has 0 spiro atoms. The highest BCUT2D eigenvalue weighted by atomic mass is 32.1. The van der Waals surface area contributed by atoms with Gasteiger partial charge in [0.05, 0.1) is 6.04 Å². The van der Waals surface area contributed by atoms with Gasteiger partial charge in [-0.05, 0) is 38.3 Å². The minimum atomic E-state index is -0.0415. The maximum Gasteiger partial charge on any atom is 0.217 e. The summed E-state index contributed by atoms with van der Waals surface area (Å²) >= 11 is 1.45. The molecule has 112 valence electrons. The van der Waals surface area contributed by atoms with Gasteiger partial charge in [-0.1, -0.05) is 6.58 Å². The molecule has 1 saturated heterocycles. The van der Waals surface area contributed by atoms with Crippen molar-refractivity contribution >= 4 is 17.2 Å². The third-order valence-corrected chi connectivity index (χ3v) is 5.01. The van der Waals surface area contributed by atoms with Crippen LogP contribution in [0.1, 0.15) is 48.9 Å². The summed E-state index contributed by atoms with van der Waals surface area (Å²) in [5, 5.41) is 11.9. The zero-order chi connectivity index (χ0) is 15.4. The molecule has 2 atom stereocenters. The molecule has 2 heterocycles. The van der Waals surface area contributed by atoms with Crippen molar-refractivity contribution in [3.8, 4) is 6.07 Å². The molecule has 5 heteroatoms. The van der Waals surface area contributed by atoms with E-state index in [2.05, 4.69) is 29.8 Å². The van der Waals surface area contributed by atoms with Crippen molar-refractivity contribution in [2.75, 3.05) is 6.54 Å². The Morgan fingerprint density at radius 3 is 2.95 bits per heavy atom. The number of nitriles is 1. The zero-order valence-corrected chi connectivity index (χ0v) is 13.4. The molecular formula is C16H21N3OS. The van der Waals surface area contributed by atoms with E-state index in [0.29, 0.717) is 10.9 Å². The second-order valence-corrected chi connectivity index (χ2v) is 6.62. The first-order chi connectivity index (χ1) is 10.0. The third kappa shape index (κ3) is 3.85. The first kappa shape index (κ1) is 15.6. The quantitative estimate of drug-likeness (QED) is 0.909. The second-order valence-electron chi connectivity index (χ2n) is 5.50. The van der Waals surface area contributed by atoms with Gasteiger partial charge in [0.15, 0.2) is 0 Å². The number of allylic oxidation sites excluding steroid dienone is 1. The lowest BCUT2D eigenvalue weighted by molar-refractivity contribution is -0.119. The Morgan fingerprint density at radius 2 is 2.43 bits per heavy atom. The number of hydrogen-bond donors (Lipinski definition) is 1. The van der Waals surface area contributed by atoms with Crippen molar-refractivity contribution in [3.63, 3.8) is 0 Å². The van der Waals surface area contributed by atoms with E-state index in [1.807, 2.05) is 12.1 Å². The summed E-state index contributed by atoms with van der Waals surface area (Å²) in [4.78, 5) is 15.5. The predicted molar refractivity (Wildman–Crippen MR) is 84.8 cm³/mol. The average Bonchev–Trinajstić information content (AvgIpc) is 3.03. The molecule has 1 amide bonds. The Labute approximate surface area is 130 Å². The molecule has 1 aliphatic rings. The van der Waals surface area contributed by atoms with Gasteiger partial charge in [-0.2, -0.15) is 5.26 Å². The number of likely N-dealkylation sites (tertiary alicyclic amines) is 1. The largest absolute Gasteiger partial charge is 0.372 e. The van der Waals surface area contributed by atoms with Gasteiger partial charge in [-0.25, -0.2) is 0 Å². The van der Waals surface area contributed by atoms with Gasteiger partial charge in [0, 0.05) is 30.1 Å². The van der Waals surface area contributed by atoms with Crippen LogP contribution in [0.25, 0.3) is 0 Å². The van der Waals surface area contributed by atoms with E-state index in [1.165, 1.54) is 24.0 Å². The molecule has 0 bridgehead atoms. The van der Waals surface area contributed by atoms with Crippen LogP contribution in [0.5, 0.6) is 0 Å². The van der Waals surface area contributed by atoms with E-state index >= 15 is 0 Å². The minimum absolute atomic E-state index is 0.0322. The highest BCUT2D eigenvalue weighted by Gasteiger charge is 2.24. The van der Waals surface area contributed by atoms with Gasteiger partial charge in [-0.15, -0.1) is 11.3 Å². The van der Waals surface area contributed by atoms with Gasteiger partial charge >= 0.3 is 0 Å². The summed E-state index contributed by atoms with van der Waals surface area (Å²) in [5.74, 6) is -0.0415. The van der Waals surface area contributed by atoms with Crippen LogP contribution >= 0.6 is 11.3 Å². The number of amides is 1. The predicted octanol–water partition coefficient (Wildman–Crippen LogP) is 3.19. The highest BCUT2D eigenvalue weighted by molar-refractivity contribution is 7.12. The van der Waals surface area contributed by atoms with Crippen LogP contribution in [-0.4, -0.2) is 23.4 Å². The Bertz CT molecular complexity index is 572. The molecule has 1 aromatic rings. The average molecular weight is 303 g/mol. The van der Waals surface area contributed by atoms with E-state index in [9.17, 15) is 4.79 Å². The van der Waals surface area contributed by atoms with Crippen molar-refractivity contribution in [3.05, 3.63) is 34.2 Å². The summed E-state index contributed by atoms with van der Waals surface area (Å²) in [6.45, 7) is 8.74. The lowest BCUT2D eigenvalue weighted by Gasteiger charge is -2.27. The fraction of sp³-hybridized carbons (Fsp3) is 0.500. The molecule has 1 aliphatic heterocycles. The van der Waals surface area contributed by atoms with Gasteiger partial charge in [0.1, 0.15) is 10.9 Å². The molecule has 0 aliphatic carbocycles. The normalized spacial score (nSPS) is 19.4. The van der Waals surface area contributed by atoms with E-state index in [-0.39, 0.29) is 11.9 Å². The van der Waals surface area contributed by atoms with Crippen LogP contribution in [0, 0.1) is 11.3 Å². The number of carbonyl (C=O) groups is 1. The molecule has 0 saturated carbocycles. The Morgan fingerprint density at radius 1 is 1.67 bits per heavy atom. The summed E-state index contributed by atoms with van der Waals surface area (Å²) in [7, 11) is 0. The van der Waals surface area contributed by atoms with Crippen molar-refractivity contribution in [2.45, 2.75) is 45.2 Å². The molecule has 0 aromatic carbocycles. The molecule has 1 fully saturated rings. The van der Waals surface area contributed by atoms with Crippen molar-refractivity contribution < 1.29 is 4.79 Å². The third-order valence-electron chi connectivity index (χ3n) is 3.91. The fourth-order valence-corrected chi connectivity index (χ4v) is 3.66. The zero-order valence-electron chi connectivity index (χ0n) is 12.6. The summed E-state index contributed by atoms with van der Waals surface area (Å²) in [6.07, 6.45) is 3.04. The molecule has 2 rings (SSSR count). The van der Waals surface area contributed by atoms with Crippen LogP contribution in [0.4, 0.5) is 0 Å². The summed E-state index contributed by atoms with van der Waals surface area (Å²) < 4.78 is 0. The van der Waals surface area contributed by atoms with Gasteiger partial charge in [0.2, 0.25) is 5.91 Å². The number of hydrogen-bond acceptors (Lipinski definition) is 4. The Kier molecular flexibility index (Phi) is 5.03. The van der Waals surface area contributed by atoms with Crippen LogP contribution in [0.15, 0.2) is 24.4 Å². The molecule has 21 heavy (non-hydrogen) atoms. The number of thiophene rings is 1. The number of carbonyl (C=O) groups excluding carboxylic acids is 1. The van der Waals surface area contributed by atoms with E-state index in [1.54, 1.807) is 0 Å². The number of rotatable bonds is 5. The maximum absolute atomic E-state index is 11.4. The van der Waals surface area contributed by atoms with Crippen LogP contribution in [0.2, 0.25) is 0 Å². The fourth-order valence-electron chi connectivity index (χ4n) is 2.76. The van der Waals surface area contributed by atoms with E-state index < -0.39 is 0 Å². The molecule has 1 N–H and O–H groups in total. The van der Waals surface area contributed by atoms with Crippen LogP contribution in [0.3, 0.4) is 0 Å². The smallest absolute Gasteiger partial charge is 0.217 e. The second kappa shape index (κ2) is 6.77. The SMILES string of the molecule is C=C1CCC(C)N1CC[C@H](NC(C)=O)c1ccc(C#N)s1. The lowest BCUT2D eigenvalue weighted by Crippen LogP contribution is -2.32. The van der Waals surface area contributed by atoms with Gasteiger partial charge < -0.3 is 10.2 Å². The first-order valence-corrected chi connectivity index (χ1v) is 8.04. The lowest BCUT2D eigenvalue weighted by atomic mass is 10.1. The summed E-state index contributed by atoms with van der Waals surface area (Å²) in [5.41, 5.74) is 1.19. The summed E-state index contributed by atoms with van der Waals surface area (Å²) in [6, 6.07) is 6.39. The molecule has 1 aromatic heterocycles. The van der Waals surface area contributed by atoms with Crippen molar-refractivity contribution in [1.29, 1.82) is 5.26 Å². The standard InChI is InChI=1S/C16H21N3OS/c1-11-4-5-12(2)19(11)9-8-15(18-13(3)20)16-7-6-14(10-17)21-16/h6-7,12,15H,1,4-5,8-9H2,2-3H3,(H,18,20)/t12?,15-/m0/s1. The molecule has 4 nitrogen and oxygen atoms in total. The van der Waals surface area contributed by atoms with E-state index in [0.717, 1.165) is 30.7 Å². The number of nitrogens with one attached hydrogen (secondary N) is 1. The van der Waals surface area contributed by atoms with Crippen molar-refractivity contribution in [1.82, 2.24) is 10.2 Å².